The van der Waals surface area contributed by atoms with Crippen LogP contribution in [0, 0.1) is 0 Å². The van der Waals surface area contributed by atoms with Crippen LogP contribution in [0.4, 0.5) is 0 Å². The van der Waals surface area contributed by atoms with Crippen molar-refractivity contribution < 1.29 is 0 Å². The van der Waals surface area contributed by atoms with E-state index in [9.17, 15) is 0 Å². The van der Waals surface area contributed by atoms with E-state index in [0.717, 1.165) is 22.2 Å². The zero-order chi connectivity index (χ0) is 15.0. The van der Waals surface area contributed by atoms with E-state index in [0.29, 0.717) is 0 Å². The third kappa shape index (κ3) is 3.30. The Morgan fingerprint density at radius 1 is 0.591 bits per heavy atom. The fraction of sp³-hybridized carbons (Fsp3) is 0. The highest BCUT2D eigenvalue weighted by Crippen LogP contribution is 2.23. The number of rotatable bonds is 1. The van der Waals surface area contributed by atoms with E-state index in [1.807, 2.05) is 54.6 Å². The Morgan fingerprint density at radius 3 is 2.00 bits per heavy atom. The van der Waals surface area contributed by atoms with Gasteiger partial charge in [-0.2, -0.15) is 0 Å². The molecule has 4 heteroatoms. The van der Waals surface area contributed by atoms with Gasteiger partial charge >= 0.3 is 0 Å². The first-order chi connectivity index (χ1) is 10.9. The van der Waals surface area contributed by atoms with Crippen molar-refractivity contribution in [3.8, 4) is 11.3 Å². The molecule has 0 aliphatic heterocycles. The summed E-state index contributed by atoms with van der Waals surface area (Å²) in [6.45, 7) is 0. The van der Waals surface area contributed by atoms with Crippen molar-refractivity contribution in [2.24, 2.45) is 0 Å². The maximum absolute atomic E-state index is 4.34. The van der Waals surface area contributed by atoms with Gasteiger partial charge in [-0.1, -0.05) is 24.3 Å². The predicted molar refractivity (Wildman–Crippen MR) is 87.0 cm³/mol. The molecular weight excluding hydrogens is 272 g/mol. The monoisotopic (exact) mass is 286 g/mol. The minimum absolute atomic E-state index is 0.952. The van der Waals surface area contributed by atoms with Gasteiger partial charge in [-0.05, 0) is 30.3 Å². The highest BCUT2D eigenvalue weighted by molar-refractivity contribution is 5.91. The lowest BCUT2D eigenvalue weighted by Crippen LogP contribution is -1.88. The van der Waals surface area contributed by atoms with Crippen LogP contribution < -0.4 is 0 Å². The van der Waals surface area contributed by atoms with Crippen LogP contribution >= 0.6 is 0 Å². The Balaban J connectivity index is 0.000000202. The zero-order valence-electron chi connectivity index (χ0n) is 11.9. The Morgan fingerprint density at radius 2 is 1.32 bits per heavy atom. The second kappa shape index (κ2) is 7.04. The van der Waals surface area contributed by atoms with Crippen LogP contribution in [0.5, 0.6) is 0 Å². The molecule has 0 bridgehead atoms. The molecule has 0 aliphatic rings. The summed E-state index contributed by atoms with van der Waals surface area (Å²) in [6, 6.07) is 17.6. The standard InChI is InChI=1S/C13H9N3.C5H5N/c1-2-4-12-11(3-1)13(16-9-15-12)10-5-7-14-8-6-10;1-2-4-6-5-3-1/h1-9H;1-5H. The summed E-state index contributed by atoms with van der Waals surface area (Å²) in [5.41, 5.74) is 2.98. The van der Waals surface area contributed by atoms with E-state index >= 15 is 0 Å². The summed E-state index contributed by atoms with van der Waals surface area (Å²) in [5.74, 6) is 0. The van der Waals surface area contributed by atoms with Gasteiger partial charge in [0.1, 0.15) is 6.33 Å². The lowest BCUT2D eigenvalue weighted by atomic mass is 10.1. The molecule has 0 N–H and O–H groups in total. The van der Waals surface area contributed by atoms with Gasteiger partial charge in [-0.25, -0.2) is 9.97 Å². The van der Waals surface area contributed by atoms with E-state index < -0.39 is 0 Å². The molecule has 1 aromatic carbocycles. The lowest BCUT2D eigenvalue weighted by Gasteiger charge is -2.03. The number of para-hydroxylation sites is 1. The van der Waals surface area contributed by atoms with Crippen molar-refractivity contribution in [2.75, 3.05) is 0 Å². The van der Waals surface area contributed by atoms with E-state index in [1.165, 1.54) is 0 Å². The number of aromatic nitrogens is 4. The minimum Gasteiger partial charge on any atom is -0.265 e. The number of hydrogen-bond donors (Lipinski definition) is 0. The molecule has 0 saturated carbocycles. The number of nitrogens with zero attached hydrogens (tertiary/aromatic N) is 4. The normalized spacial score (nSPS) is 9.82. The predicted octanol–water partition coefficient (Wildman–Crippen LogP) is 3.77. The summed E-state index contributed by atoms with van der Waals surface area (Å²) in [4.78, 5) is 16.4. The molecule has 0 aliphatic carbocycles. The van der Waals surface area contributed by atoms with Gasteiger partial charge in [0.25, 0.3) is 0 Å². The average Bonchev–Trinajstić information content (AvgIpc) is 2.64. The minimum atomic E-state index is 0.952. The summed E-state index contributed by atoms with van der Waals surface area (Å²) in [5, 5.41) is 1.07. The number of benzene rings is 1. The molecule has 0 saturated heterocycles. The maximum atomic E-state index is 4.34. The summed E-state index contributed by atoms with van der Waals surface area (Å²) >= 11 is 0. The molecule has 0 spiro atoms. The van der Waals surface area contributed by atoms with Gasteiger partial charge < -0.3 is 0 Å². The van der Waals surface area contributed by atoms with Crippen molar-refractivity contribution in [3.05, 3.63) is 85.7 Å². The van der Waals surface area contributed by atoms with Crippen molar-refractivity contribution in [2.45, 2.75) is 0 Å². The molecule has 0 atom stereocenters. The highest BCUT2D eigenvalue weighted by atomic mass is 14.8. The zero-order valence-corrected chi connectivity index (χ0v) is 11.9. The Hall–Kier alpha value is -3.14. The van der Waals surface area contributed by atoms with Gasteiger partial charge in [-0.3, -0.25) is 9.97 Å². The number of fused-ring (bicyclic) bond motifs is 1. The Kier molecular flexibility index (Phi) is 4.42. The first-order valence-electron chi connectivity index (χ1n) is 6.90. The highest BCUT2D eigenvalue weighted by Gasteiger charge is 2.04. The first-order valence-corrected chi connectivity index (χ1v) is 6.90. The smallest absolute Gasteiger partial charge is 0.116 e. The van der Waals surface area contributed by atoms with E-state index in [4.69, 9.17) is 0 Å². The third-order valence-corrected chi connectivity index (χ3v) is 3.06. The van der Waals surface area contributed by atoms with Crippen molar-refractivity contribution in [1.82, 2.24) is 19.9 Å². The fourth-order valence-electron chi connectivity index (χ4n) is 2.06. The quantitative estimate of drug-likeness (QED) is 0.534. The van der Waals surface area contributed by atoms with Crippen LogP contribution in [0.1, 0.15) is 0 Å². The van der Waals surface area contributed by atoms with Crippen LogP contribution in [0.15, 0.2) is 85.7 Å². The molecule has 0 radical (unpaired) electrons. The van der Waals surface area contributed by atoms with Crippen LogP contribution in [0.25, 0.3) is 22.2 Å². The molecule has 0 amide bonds. The van der Waals surface area contributed by atoms with Gasteiger partial charge in [-0.15, -0.1) is 0 Å². The Labute approximate surface area is 128 Å². The summed E-state index contributed by atoms with van der Waals surface area (Å²) < 4.78 is 0. The van der Waals surface area contributed by atoms with Gasteiger partial charge in [0, 0.05) is 35.7 Å². The van der Waals surface area contributed by atoms with Crippen molar-refractivity contribution >= 4 is 10.9 Å². The van der Waals surface area contributed by atoms with Crippen molar-refractivity contribution in [3.63, 3.8) is 0 Å². The van der Waals surface area contributed by atoms with E-state index in [2.05, 4.69) is 19.9 Å². The summed E-state index contributed by atoms with van der Waals surface area (Å²) in [7, 11) is 0. The molecule has 0 unspecified atom stereocenters. The molecule has 22 heavy (non-hydrogen) atoms. The molecule has 4 rings (SSSR count). The Bertz CT molecular complexity index is 801. The molecule has 106 valence electrons. The molecule has 0 fully saturated rings. The van der Waals surface area contributed by atoms with Crippen molar-refractivity contribution in [1.29, 1.82) is 0 Å². The van der Waals surface area contributed by atoms with Crippen LogP contribution in [0.2, 0.25) is 0 Å². The lowest BCUT2D eigenvalue weighted by molar-refractivity contribution is 1.22. The molecule has 3 heterocycles. The number of pyridine rings is 2. The molecule has 3 aromatic heterocycles. The third-order valence-electron chi connectivity index (χ3n) is 3.06. The van der Waals surface area contributed by atoms with Gasteiger partial charge in [0.15, 0.2) is 0 Å². The molecule has 4 nitrogen and oxygen atoms in total. The van der Waals surface area contributed by atoms with Crippen LogP contribution in [-0.4, -0.2) is 19.9 Å². The van der Waals surface area contributed by atoms with Gasteiger partial charge in [0.2, 0.25) is 0 Å². The number of hydrogen-bond acceptors (Lipinski definition) is 4. The first kappa shape index (κ1) is 13.8. The van der Waals surface area contributed by atoms with E-state index in [1.54, 1.807) is 31.1 Å². The summed E-state index contributed by atoms with van der Waals surface area (Å²) in [6.07, 6.45) is 8.64. The second-order valence-electron chi connectivity index (χ2n) is 4.50. The topological polar surface area (TPSA) is 51.6 Å². The SMILES string of the molecule is c1ccc2c(-c3ccncc3)ncnc2c1.c1ccncc1. The van der Waals surface area contributed by atoms with Gasteiger partial charge in [0.05, 0.1) is 11.2 Å². The molecular formula is C18H14N4. The largest absolute Gasteiger partial charge is 0.265 e. The average molecular weight is 286 g/mol. The maximum Gasteiger partial charge on any atom is 0.116 e. The van der Waals surface area contributed by atoms with Crippen LogP contribution in [-0.2, 0) is 0 Å². The fourth-order valence-corrected chi connectivity index (χ4v) is 2.06. The second-order valence-corrected chi connectivity index (χ2v) is 4.50. The van der Waals surface area contributed by atoms with E-state index in [-0.39, 0.29) is 0 Å². The van der Waals surface area contributed by atoms with Crippen LogP contribution in [0.3, 0.4) is 0 Å². The molecule has 4 aromatic rings.